The quantitative estimate of drug-likeness (QED) is 0.462. The second-order valence-electron chi connectivity index (χ2n) is 8.01. The highest BCUT2D eigenvalue weighted by Gasteiger charge is 2.25. The first-order chi connectivity index (χ1) is 14.7. The molecule has 1 saturated heterocycles. The zero-order valence-electron chi connectivity index (χ0n) is 17.1. The van der Waals surface area contributed by atoms with Crippen LogP contribution in [0.1, 0.15) is 30.9 Å². The molecule has 3 aromatic carbocycles. The number of aliphatic hydroxyl groups excluding tert-OH is 1. The van der Waals surface area contributed by atoms with Crippen molar-refractivity contribution in [3.63, 3.8) is 0 Å². The summed E-state index contributed by atoms with van der Waals surface area (Å²) in [6.45, 7) is 0.957. The van der Waals surface area contributed by atoms with Gasteiger partial charge in [-0.05, 0) is 60.7 Å². The van der Waals surface area contributed by atoms with Gasteiger partial charge in [-0.15, -0.1) is 0 Å². The Morgan fingerprint density at radius 2 is 1.83 bits per heavy atom. The third-order valence-electron chi connectivity index (χ3n) is 6.17. The lowest BCUT2D eigenvalue weighted by Gasteiger charge is -2.29. The molecule has 2 atom stereocenters. The molecule has 0 saturated carbocycles. The topological polar surface area (TPSA) is 54.4 Å². The molecule has 5 rings (SSSR count). The Morgan fingerprint density at radius 3 is 2.60 bits per heavy atom. The number of nitrogens with zero attached hydrogens (tertiary/aromatic N) is 1. The van der Waals surface area contributed by atoms with Gasteiger partial charge in [-0.3, -0.25) is 0 Å². The molecular weight excluding hydrogens is 372 g/mol. The smallest absolute Gasteiger partial charge is 0.118 e. The lowest BCUT2D eigenvalue weighted by Crippen LogP contribution is -2.38. The predicted octanol–water partition coefficient (Wildman–Crippen LogP) is 5.24. The summed E-state index contributed by atoms with van der Waals surface area (Å²) in [5.41, 5.74) is 3.75. The number of pyridine rings is 1. The van der Waals surface area contributed by atoms with Gasteiger partial charge in [-0.1, -0.05) is 42.8 Å². The van der Waals surface area contributed by atoms with Crippen molar-refractivity contribution in [1.82, 2.24) is 10.3 Å². The number of rotatable bonds is 4. The van der Waals surface area contributed by atoms with Crippen molar-refractivity contribution in [3.8, 4) is 17.0 Å². The number of methoxy groups -OCH3 is 1. The van der Waals surface area contributed by atoms with Crippen LogP contribution in [0.5, 0.6) is 5.75 Å². The van der Waals surface area contributed by atoms with Gasteiger partial charge < -0.3 is 15.2 Å². The van der Waals surface area contributed by atoms with Gasteiger partial charge in [0.05, 0.1) is 24.4 Å². The molecule has 152 valence electrons. The van der Waals surface area contributed by atoms with E-state index in [4.69, 9.17) is 9.72 Å². The van der Waals surface area contributed by atoms with Crippen LogP contribution in [-0.4, -0.2) is 29.8 Å². The molecule has 30 heavy (non-hydrogen) atoms. The van der Waals surface area contributed by atoms with E-state index in [0.29, 0.717) is 0 Å². The second kappa shape index (κ2) is 8.05. The average Bonchev–Trinajstić information content (AvgIpc) is 2.83. The fourth-order valence-corrected chi connectivity index (χ4v) is 4.51. The summed E-state index contributed by atoms with van der Waals surface area (Å²) in [5.74, 6) is 0.816. The molecule has 0 amide bonds. The first kappa shape index (κ1) is 19.0. The summed E-state index contributed by atoms with van der Waals surface area (Å²) in [4.78, 5) is 5.04. The average molecular weight is 399 g/mol. The third-order valence-corrected chi connectivity index (χ3v) is 6.17. The molecule has 1 fully saturated rings. The minimum absolute atomic E-state index is 0.0690. The number of hydrogen-bond acceptors (Lipinski definition) is 4. The molecule has 0 aliphatic carbocycles. The van der Waals surface area contributed by atoms with Crippen molar-refractivity contribution < 1.29 is 9.84 Å². The van der Waals surface area contributed by atoms with Crippen LogP contribution in [0.4, 0.5) is 0 Å². The fourth-order valence-electron chi connectivity index (χ4n) is 4.51. The highest BCUT2D eigenvalue weighted by atomic mass is 16.5. The monoisotopic (exact) mass is 398 g/mol. The van der Waals surface area contributed by atoms with Crippen LogP contribution in [0.25, 0.3) is 32.9 Å². The maximum absolute atomic E-state index is 11.4. The van der Waals surface area contributed by atoms with Gasteiger partial charge in [0, 0.05) is 22.4 Å². The maximum atomic E-state index is 11.4. The zero-order valence-corrected chi connectivity index (χ0v) is 17.1. The molecule has 1 aliphatic rings. The van der Waals surface area contributed by atoms with Gasteiger partial charge in [0.2, 0.25) is 0 Å². The Hall–Kier alpha value is -2.95. The van der Waals surface area contributed by atoms with Crippen LogP contribution in [0.15, 0.2) is 66.7 Å². The third kappa shape index (κ3) is 3.42. The number of ether oxygens (including phenoxy) is 1. The van der Waals surface area contributed by atoms with Crippen LogP contribution in [0.2, 0.25) is 0 Å². The first-order valence-corrected chi connectivity index (χ1v) is 10.6. The molecule has 0 radical (unpaired) electrons. The standard InChI is InChI=1S/C26H26N2O2/c1-30-19-12-9-18(10-13-19)24-16-22(26(29)23-8-4-5-15-27-23)21-14-11-17-6-2-3-7-20(17)25(21)28-24/h2-3,6-7,9-14,16,23,26-27,29H,4-5,8,15H2,1H3. The molecule has 4 nitrogen and oxygen atoms in total. The van der Waals surface area contributed by atoms with Crippen LogP contribution < -0.4 is 10.1 Å². The van der Waals surface area contributed by atoms with Gasteiger partial charge in [0.1, 0.15) is 5.75 Å². The van der Waals surface area contributed by atoms with Crippen molar-refractivity contribution >= 4 is 21.7 Å². The Balaban J connectivity index is 1.72. The van der Waals surface area contributed by atoms with E-state index >= 15 is 0 Å². The van der Waals surface area contributed by atoms with Crippen LogP contribution >= 0.6 is 0 Å². The normalized spacial score (nSPS) is 17.9. The molecule has 1 aromatic heterocycles. The molecule has 1 aliphatic heterocycles. The van der Waals surface area contributed by atoms with E-state index in [1.807, 2.05) is 36.4 Å². The number of hydrogen-bond donors (Lipinski definition) is 2. The van der Waals surface area contributed by atoms with Crippen molar-refractivity contribution in [3.05, 3.63) is 72.3 Å². The molecule has 2 unspecified atom stereocenters. The van der Waals surface area contributed by atoms with Gasteiger partial charge in [0.15, 0.2) is 0 Å². The van der Waals surface area contributed by atoms with E-state index < -0.39 is 6.10 Å². The second-order valence-corrected chi connectivity index (χ2v) is 8.01. The Morgan fingerprint density at radius 1 is 1.00 bits per heavy atom. The van der Waals surface area contributed by atoms with Crippen molar-refractivity contribution in [2.24, 2.45) is 0 Å². The zero-order chi connectivity index (χ0) is 20.5. The molecule has 2 N–H and O–H groups in total. The molecule has 0 spiro atoms. The summed E-state index contributed by atoms with van der Waals surface area (Å²) in [6, 6.07) is 22.6. The van der Waals surface area contributed by atoms with Gasteiger partial charge in [-0.25, -0.2) is 4.98 Å². The number of nitrogens with one attached hydrogen (secondary N) is 1. The van der Waals surface area contributed by atoms with Crippen molar-refractivity contribution in [2.75, 3.05) is 13.7 Å². The van der Waals surface area contributed by atoms with Gasteiger partial charge >= 0.3 is 0 Å². The number of benzene rings is 3. The Kier molecular flexibility index (Phi) is 5.11. The van der Waals surface area contributed by atoms with Crippen molar-refractivity contribution in [1.29, 1.82) is 0 Å². The lowest BCUT2D eigenvalue weighted by atomic mass is 9.91. The van der Waals surface area contributed by atoms with E-state index in [2.05, 4.69) is 35.6 Å². The van der Waals surface area contributed by atoms with E-state index in [9.17, 15) is 5.11 Å². The molecule has 4 heteroatoms. The molecule has 4 aromatic rings. The van der Waals surface area contributed by atoms with Gasteiger partial charge in [0.25, 0.3) is 0 Å². The van der Waals surface area contributed by atoms with Crippen LogP contribution in [0.3, 0.4) is 0 Å². The first-order valence-electron chi connectivity index (χ1n) is 10.6. The van der Waals surface area contributed by atoms with Crippen LogP contribution in [0, 0.1) is 0 Å². The minimum atomic E-state index is -0.575. The molecule has 2 heterocycles. The summed E-state index contributed by atoms with van der Waals surface area (Å²) in [6.07, 6.45) is 2.72. The number of aliphatic hydroxyl groups is 1. The number of aromatic nitrogens is 1. The van der Waals surface area contributed by atoms with Crippen molar-refractivity contribution in [2.45, 2.75) is 31.4 Å². The van der Waals surface area contributed by atoms with E-state index in [0.717, 1.165) is 63.6 Å². The Bertz CT molecular complexity index is 1180. The molecular formula is C26H26N2O2. The minimum Gasteiger partial charge on any atom is -0.497 e. The highest BCUT2D eigenvalue weighted by molar-refractivity contribution is 6.07. The van der Waals surface area contributed by atoms with E-state index in [-0.39, 0.29) is 6.04 Å². The summed E-state index contributed by atoms with van der Waals surface area (Å²) in [7, 11) is 1.67. The lowest BCUT2D eigenvalue weighted by molar-refractivity contribution is 0.115. The summed E-state index contributed by atoms with van der Waals surface area (Å²) in [5, 5.41) is 18.1. The number of piperidine rings is 1. The van der Waals surface area contributed by atoms with E-state index in [1.165, 1.54) is 6.42 Å². The highest BCUT2D eigenvalue weighted by Crippen LogP contribution is 2.35. The Labute approximate surface area is 176 Å². The largest absolute Gasteiger partial charge is 0.497 e. The van der Waals surface area contributed by atoms with Gasteiger partial charge in [-0.2, -0.15) is 0 Å². The predicted molar refractivity (Wildman–Crippen MR) is 122 cm³/mol. The summed E-state index contributed by atoms with van der Waals surface area (Å²) < 4.78 is 5.31. The van der Waals surface area contributed by atoms with Crippen LogP contribution in [-0.2, 0) is 0 Å². The maximum Gasteiger partial charge on any atom is 0.118 e. The summed E-state index contributed by atoms with van der Waals surface area (Å²) >= 11 is 0. The van der Waals surface area contributed by atoms with E-state index in [1.54, 1.807) is 7.11 Å². The molecule has 0 bridgehead atoms. The number of fused-ring (bicyclic) bond motifs is 3. The fraction of sp³-hybridized carbons (Fsp3) is 0.269. The SMILES string of the molecule is COc1ccc(-c2cc(C(O)C3CCCCN3)c3ccc4ccccc4c3n2)cc1.